The SMILES string of the molecule is C=Cc1cc(S(=O)(=O)NS(=O)(=O)C=C)c2ccccc2c1. The van der Waals surface area contributed by atoms with E-state index in [-0.39, 0.29) is 4.90 Å². The van der Waals surface area contributed by atoms with Crippen LogP contribution in [0.2, 0.25) is 0 Å². The van der Waals surface area contributed by atoms with Crippen LogP contribution in [0.25, 0.3) is 16.8 Å². The van der Waals surface area contributed by atoms with Gasteiger partial charge in [-0.1, -0.05) is 43.5 Å². The number of nitrogens with one attached hydrogen (secondary N) is 1. The largest absolute Gasteiger partial charge is 0.254 e. The van der Waals surface area contributed by atoms with Crippen molar-refractivity contribution in [3.63, 3.8) is 0 Å². The Labute approximate surface area is 123 Å². The zero-order valence-electron chi connectivity index (χ0n) is 11.0. The van der Waals surface area contributed by atoms with E-state index in [0.717, 1.165) is 0 Å². The molecule has 0 spiro atoms. The van der Waals surface area contributed by atoms with Crippen molar-refractivity contribution in [1.82, 2.24) is 4.13 Å². The first kappa shape index (κ1) is 15.4. The molecule has 0 bridgehead atoms. The van der Waals surface area contributed by atoms with Crippen LogP contribution in [0.15, 0.2) is 59.9 Å². The van der Waals surface area contributed by atoms with Gasteiger partial charge in [0.05, 0.1) is 4.90 Å². The number of benzene rings is 2. The summed E-state index contributed by atoms with van der Waals surface area (Å²) >= 11 is 0. The zero-order valence-corrected chi connectivity index (χ0v) is 12.6. The molecule has 5 nitrogen and oxygen atoms in total. The second kappa shape index (κ2) is 5.44. The lowest BCUT2D eigenvalue weighted by Crippen LogP contribution is -2.29. The van der Waals surface area contributed by atoms with Gasteiger partial charge in [0.1, 0.15) is 0 Å². The second-order valence-corrected chi connectivity index (χ2v) is 7.78. The Kier molecular flexibility index (Phi) is 3.99. The number of fused-ring (bicyclic) bond motifs is 1. The van der Waals surface area contributed by atoms with Gasteiger partial charge in [-0.3, -0.25) is 0 Å². The first-order valence-corrected chi connectivity index (χ1v) is 8.88. The molecule has 0 atom stereocenters. The fourth-order valence-corrected chi connectivity index (χ4v) is 4.49. The van der Waals surface area contributed by atoms with Crippen LogP contribution in [0.1, 0.15) is 5.56 Å². The third-order valence-corrected chi connectivity index (χ3v) is 5.98. The van der Waals surface area contributed by atoms with E-state index in [2.05, 4.69) is 13.2 Å². The van der Waals surface area contributed by atoms with E-state index >= 15 is 0 Å². The van der Waals surface area contributed by atoms with Gasteiger partial charge in [0.15, 0.2) is 0 Å². The van der Waals surface area contributed by atoms with Crippen molar-refractivity contribution in [2.75, 3.05) is 0 Å². The molecule has 2 aromatic rings. The van der Waals surface area contributed by atoms with E-state index in [1.807, 2.05) is 0 Å². The van der Waals surface area contributed by atoms with Crippen LogP contribution in [0.5, 0.6) is 0 Å². The molecule has 110 valence electrons. The fraction of sp³-hybridized carbons (Fsp3) is 0. The lowest BCUT2D eigenvalue weighted by molar-refractivity contribution is 0.582. The summed E-state index contributed by atoms with van der Waals surface area (Å²) in [5, 5.41) is 1.64. The molecule has 0 aliphatic carbocycles. The summed E-state index contributed by atoms with van der Waals surface area (Å²) in [6.45, 7) is 6.68. The van der Waals surface area contributed by atoms with Gasteiger partial charge in [-0.25, -0.2) is 16.8 Å². The third-order valence-electron chi connectivity index (χ3n) is 2.82. The average molecular weight is 323 g/mol. The molecule has 0 fully saturated rings. The second-order valence-electron chi connectivity index (χ2n) is 4.24. The Morgan fingerprint density at radius 3 is 2.29 bits per heavy atom. The lowest BCUT2D eigenvalue weighted by Gasteiger charge is -2.10. The third kappa shape index (κ3) is 3.21. The molecule has 7 heteroatoms. The maximum Gasteiger partial charge on any atom is 0.254 e. The first-order valence-electron chi connectivity index (χ1n) is 5.85. The smallest absolute Gasteiger partial charge is 0.207 e. The van der Waals surface area contributed by atoms with Crippen LogP contribution in [-0.4, -0.2) is 16.8 Å². The highest BCUT2D eigenvalue weighted by Crippen LogP contribution is 2.25. The summed E-state index contributed by atoms with van der Waals surface area (Å²) in [4.78, 5) is -0.124. The molecule has 0 radical (unpaired) electrons. The van der Waals surface area contributed by atoms with E-state index in [1.165, 1.54) is 12.1 Å². The fourth-order valence-electron chi connectivity index (χ4n) is 1.87. The molecule has 0 aliphatic heterocycles. The van der Waals surface area contributed by atoms with Gasteiger partial charge in [0.25, 0.3) is 10.0 Å². The van der Waals surface area contributed by atoms with E-state index in [1.54, 1.807) is 34.5 Å². The highest BCUT2D eigenvalue weighted by atomic mass is 32.3. The molecule has 0 unspecified atom stereocenters. The van der Waals surface area contributed by atoms with Crippen LogP contribution < -0.4 is 4.13 Å². The molecule has 0 amide bonds. The maximum atomic E-state index is 12.3. The van der Waals surface area contributed by atoms with Crippen molar-refractivity contribution in [2.45, 2.75) is 4.90 Å². The summed E-state index contributed by atoms with van der Waals surface area (Å²) in [7, 11) is -8.36. The van der Waals surface area contributed by atoms with Gasteiger partial charge in [0.2, 0.25) is 10.0 Å². The first-order chi connectivity index (χ1) is 9.79. The monoisotopic (exact) mass is 323 g/mol. The number of rotatable bonds is 5. The Morgan fingerprint density at radius 2 is 1.67 bits per heavy atom. The Morgan fingerprint density at radius 1 is 1.00 bits per heavy atom. The van der Waals surface area contributed by atoms with Crippen molar-refractivity contribution in [1.29, 1.82) is 0 Å². The van der Waals surface area contributed by atoms with Gasteiger partial charge in [-0.15, -0.1) is 4.13 Å². The van der Waals surface area contributed by atoms with E-state index < -0.39 is 20.0 Å². The molecular formula is C14H13NO4S2. The van der Waals surface area contributed by atoms with Gasteiger partial charge in [0, 0.05) is 10.8 Å². The summed E-state index contributed by atoms with van der Waals surface area (Å²) in [5.74, 6) is 0. The predicted octanol–water partition coefficient (Wildman–Crippen LogP) is 2.23. The summed E-state index contributed by atoms with van der Waals surface area (Å²) in [6.07, 6.45) is 1.49. The topological polar surface area (TPSA) is 80.3 Å². The maximum absolute atomic E-state index is 12.3. The lowest BCUT2D eigenvalue weighted by atomic mass is 10.1. The van der Waals surface area contributed by atoms with Crippen LogP contribution in [-0.2, 0) is 20.0 Å². The molecule has 2 rings (SSSR count). The van der Waals surface area contributed by atoms with Crippen molar-refractivity contribution >= 4 is 36.9 Å². The number of hydrogen-bond acceptors (Lipinski definition) is 4. The number of hydrogen-bond donors (Lipinski definition) is 1. The van der Waals surface area contributed by atoms with Crippen molar-refractivity contribution in [3.05, 3.63) is 60.5 Å². The molecule has 0 saturated heterocycles. The molecule has 2 aromatic carbocycles. The van der Waals surface area contributed by atoms with Crippen LogP contribution >= 0.6 is 0 Å². The van der Waals surface area contributed by atoms with Gasteiger partial charge in [-0.05, 0) is 23.1 Å². The highest BCUT2D eigenvalue weighted by molar-refractivity contribution is 8.06. The Bertz CT molecular complexity index is 929. The van der Waals surface area contributed by atoms with Crippen LogP contribution in [0, 0.1) is 0 Å². The summed E-state index contributed by atoms with van der Waals surface area (Å²) in [5.41, 5.74) is 0.574. The number of sulfonamides is 2. The molecule has 21 heavy (non-hydrogen) atoms. The highest BCUT2D eigenvalue weighted by Gasteiger charge is 2.23. The van der Waals surface area contributed by atoms with Crippen LogP contribution in [0.3, 0.4) is 0 Å². The van der Waals surface area contributed by atoms with Crippen LogP contribution in [0.4, 0.5) is 0 Å². The van der Waals surface area contributed by atoms with Crippen molar-refractivity contribution in [3.8, 4) is 0 Å². The zero-order chi connectivity index (χ0) is 15.7. The normalized spacial score (nSPS) is 12.2. The Hall–Kier alpha value is -1.96. The average Bonchev–Trinajstić information content (AvgIpc) is 2.45. The van der Waals surface area contributed by atoms with Gasteiger partial charge >= 0.3 is 0 Å². The Balaban J connectivity index is 2.76. The molecule has 0 aromatic heterocycles. The predicted molar refractivity (Wildman–Crippen MR) is 83.5 cm³/mol. The molecule has 1 N–H and O–H groups in total. The van der Waals surface area contributed by atoms with Crippen molar-refractivity contribution < 1.29 is 16.8 Å². The minimum Gasteiger partial charge on any atom is -0.207 e. The summed E-state index contributed by atoms with van der Waals surface area (Å²) in [6, 6.07) is 9.93. The minimum absolute atomic E-state index is 0.124. The van der Waals surface area contributed by atoms with E-state index in [9.17, 15) is 16.8 Å². The van der Waals surface area contributed by atoms with Gasteiger partial charge < -0.3 is 0 Å². The quantitative estimate of drug-likeness (QED) is 0.915. The molecular weight excluding hydrogens is 310 g/mol. The summed E-state index contributed by atoms with van der Waals surface area (Å²) < 4.78 is 49.2. The standard InChI is InChI=1S/C14H13NO4S2/c1-3-11-9-12-7-5-6-8-13(12)14(10-11)21(18,19)15-20(16,17)4-2/h3-10,15H,1-2H2. The minimum atomic E-state index is -4.25. The van der Waals surface area contributed by atoms with Gasteiger partial charge in [-0.2, -0.15) is 0 Å². The van der Waals surface area contributed by atoms with E-state index in [0.29, 0.717) is 21.7 Å². The molecule has 0 heterocycles. The van der Waals surface area contributed by atoms with Crippen molar-refractivity contribution in [2.24, 2.45) is 0 Å². The molecule has 0 aliphatic rings. The molecule has 0 saturated carbocycles. The van der Waals surface area contributed by atoms with E-state index in [4.69, 9.17) is 0 Å².